The predicted molar refractivity (Wildman–Crippen MR) is 82.9 cm³/mol. The van der Waals surface area contributed by atoms with Gasteiger partial charge in [-0.3, -0.25) is 9.40 Å². The van der Waals surface area contributed by atoms with E-state index in [4.69, 9.17) is 0 Å². The highest BCUT2D eigenvalue weighted by Crippen LogP contribution is 2.20. The molecule has 2 heterocycles. The Bertz CT molecular complexity index is 873. The molecule has 0 amide bonds. The van der Waals surface area contributed by atoms with Gasteiger partial charge in [0.2, 0.25) is 0 Å². The van der Waals surface area contributed by atoms with Crippen molar-refractivity contribution in [2.45, 2.75) is 10.8 Å². The SMILES string of the molecule is O=S(=O)(Nc1cnn(Cc2cccc(F)c2)c1)c1cccs1. The van der Waals surface area contributed by atoms with Crippen LogP contribution in [0.25, 0.3) is 0 Å². The zero-order valence-electron chi connectivity index (χ0n) is 11.3. The minimum Gasteiger partial charge on any atom is -0.276 e. The summed E-state index contributed by atoms with van der Waals surface area (Å²) in [5.74, 6) is -0.316. The van der Waals surface area contributed by atoms with Crippen LogP contribution in [-0.2, 0) is 16.6 Å². The van der Waals surface area contributed by atoms with Crippen LogP contribution in [0.4, 0.5) is 10.1 Å². The molecule has 8 heteroatoms. The van der Waals surface area contributed by atoms with Crippen LogP contribution in [0.5, 0.6) is 0 Å². The first-order valence-corrected chi connectivity index (χ1v) is 8.72. The molecule has 0 aliphatic rings. The maximum atomic E-state index is 13.1. The fourth-order valence-electron chi connectivity index (χ4n) is 1.95. The molecule has 2 aromatic heterocycles. The Hall–Kier alpha value is -2.19. The van der Waals surface area contributed by atoms with Crippen LogP contribution in [0.15, 0.2) is 58.4 Å². The molecule has 0 bridgehead atoms. The van der Waals surface area contributed by atoms with Crippen LogP contribution >= 0.6 is 11.3 Å². The Morgan fingerprint density at radius 3 is 2.86 bits per heavy atom. The lowest BCUT2D eigenvalue weighted by atomic mass is 10.2. The highest BCUT2D eigenvalue weighted by Gasteiger charge is 2.15. The van der Waals surface area contributed by atoms with Gasteiger partial charge in [0.1, 0.15) is 10.0 Å². The first-order chi connectivity index (χ1) is 10.5. The fourth-order valence-corrected chi connectivity index (χ4v) is 3.97. The molecule has 0 atom stereocenters. The van der Waals surface area contributed by atoms with E-state index in [0.29, 0.717) is 12.2 Å². The third-order valence-corrected chi connectivity index (χ3v) is 5.66. The molecule has 5 nitrogen and oxygen atoms in total. The van der Waals surface area contributed by atoms with Gasteiger partial charge >= 0.3 is 0 Å². The Morgan fingerprint density at radius 2 is 2.14 bits per heavy atom. The Balaban J connectivity index is 1.74. The van der Waals surface area contributed by atoms with E-state index in [1.165, 1.54) is 24.4 Å². The van der Waals surface area contributed by atoms with Gasteiger partial charge in [-0.2, -0.15) is 5.10 Å². The smallest absolute Gasteiger partial charge is 0.271 e. The number of hydrogen-bond acceptors (Lipinski definition) is 4. The number of rotatable bonds is 5. The zero-order valence-corrected chi connectivity index (χ0v) is 12.9. The summed E-state index contributed by atoms with van der Waals surface area (Å²) in [4.78, 5) is 0. The summed E-state index contributed by atoms with van der Waals surface area (Å²) in [5, 5.41) is 5.77. The maximum absolute atomic E-state index is 13.1. The van der Waals surface area contributed by atoms with E-state index in [2.05, 4.69) is 9.82 Å². The lowest BCUT2D eigenvalue weighted by Crippen LogP contribution is -2.10. The van der Waals surface area contributed by atoms with Crippen LogP contribution in [-0.4, -0.2) is 18.2 Å². The first-order valence-electron chi connectivity index (χ1n) is 6.36. The number of aromatic nitrogens is 2. The Morgan fingerprint density at radius 1 is 1.27 bits per heavy atom. The molecule has 0 radical (unpaired) electrons. The number of nitrogens with one attached hydrogen (secondary N) is 1. The number of halogens is 1. The van der Waals surface area contributed by atoms with Gasteiger partial charge in [-0.05, 0) is 29.1 Å². The van der Waals surface area contributed by atoms with E-state index >= 15 is 0 Å². The van der Waals surface area contributed by atoms with Gasteiger partial charge in [0, 0.05) is 6.20 Å². The highest BCUT2D eigenvalue weighted by atomic mass is 32.2. The molecule has 0 saturated carbocycles. The largest absolute Gasteiger partial charge is 0.276 e. The molecule has 0 aliphatic heterocycles. The van der Waals surface area contributed by atoms with Crippen LogP contribution in [0.3, 0.4) is 0 Å². The Kier molecular flexibility index (Phi) is 3.95. The average molecular weight is 337 g/mol. The van der Waals surface area contributed by atoms with Crippen LogP contribution < -0.4 is 4.72 Å². The molecule has 3 aromatic rings. The molecule has 0 saturated heterocycles. The molecule has 3 rings (SSSR count). The fraction of sp³-hybridized carbons (Fsp3) is 0.0714. The van der Waals surface area contributed by atoms with Crippen molar-refractivity contribution in [2.75, 3.05) is 4.72 Å². The van der Waals surface area contributed by atoms with Crippen LogP contribution in [0, 0.1) is 5.82 Å². The molecule has 0 fully saturated rings. The third kappa shape index (κ3) is 3.34. The summed E-state index contributed by atoms with van der Waals surface area (Å²) < 4.78 is 41.6. The number of hydrogen-bond donors (Lipinski definition) is 1. The second kappa shape index (κ2) is 5.90. The summed E-state index contributed by atoms with van der Waals surface area (Å²) in [6, 6.07) is 9.38. The predicted octanol–water partition coefficient (Wildman–Crippen LogP) is 2.93. The maximum Gasteiger partial charge on any atom is 0.271 e. The molecule has 0 aliphatic carbocycles. The summed E-state index contributed by atoms with van der Waals surface area (Å²) in [7, 11) is -3.58. The van der Waals surface area contributed by atoms with Crippen LogP contribution in [0.1, 0.15) is 5.56 Å². The molecule has 0 spiro atoms. The van der Waals surface area contributed by atoms with Gasteiger partial charge < -0.3 is 0 Å². The topological polar surface area (TPSA) is 64.0 Å². The number of sulfonamides is 1. The lowest BCUT2D eigenvalue weighted by molar-refractivity contribution is 0.603. The van der Waals surface area contributed by atoms with Crippen molar-refractivity contribution in [3.05, 3.63) is 65.6 Å². The van der Waals surface area contributed by atoms with Gasteiger partial charge in [0.15, 0.2) is 0 Å². The molecule has 1 aromatic carbocycles. The quantitative estimate of drug-likeness (QED) is 0.778. The summed E-state index contributed by atoms with van der Waals surface area (Å²) in [5.41, 5.74) is 1.11. The zero-order chi connectivity index (χ0) is 15.6. The first kappa shape index (κ1) is 14.7. The normalized spacial score (nSPS) is 11.5. The summed E-state index contributed by atoms with van der Waals surface area (Å²) in [6.45, 7) is 0.360. The van der Waals surface area contributed by atoms with Crippen molar-refractivity contribution in [3.63, 3.8) is 0 Å². The van der Waals surface area contributed by atoms with Crippen molar-refractivity contribution in [3.8, 4) is 0 Å². The molecule has 114 valence electrons. The average Bonchev–Trinajstić information content (AvgIpc) is 3.10. The number of anilines is 1. The van der Waals surface area contributed by atoms with E-state index < -0.39 is 10.0 Å². The lowest BCUT2D eigenvalue weighted by Gasteiger charge is -2.03. The van der Waals surface area contributed by atoms with Crippen molar-refractivity contribution in [1.82, 2.24) is 9.78 Å². The second-order valence-electron chi connectivity index (χ2n) is 4.59. The van der Waals surface area contributed by atoms with E-state index in [9.17, 15) is 12.8 Å². The summed E-state index contributed by atoms with van der Waals surface area (Å²) >= 11 is 1.14. The van der Waals surface area contributed by atoms with Gasteiger partial charge in [-0.15, -0.1) is 11.3 Å². The second-order valence-corrected chi connectivity index (χ2v) is 7.45. The molecular formula is C14H12FN3O2S2. The minimum atomic E-state index is -3.58. The molecular weight excluding hydrogens is 325 g/mol. The molecule has 1 N–H and O–H groups in total. The van der Waals surface area contributed by atoms with Crippen molar-refractivity contribution in [2.24, 2.45) is 0 Å². The van der Waals surface area contributed by atoms with Gasteiger partial charge in [0.05, 0.1) is 18.4 Å². The molecule has 22 heavy (non-hydrogen) atoms. The standard InChI is InChI=1S/C14H12FN3O2S2/c15-12-4-1-3-11(7-12)9-18-10-13(8-16-18)17-22(19,20)14-5-2-6-21-14/h1-8,10,17H,9H2. The van der Waals surface area contributed by atoms with Gasteiger partial charge in [-0.25, -0.2) is 12.8 Å². The van der Waals surface area contributed by atoms with Gasteiger partial charge in [-0.1, -0.05) is 18.2 Å². The molecule has 0 unspecified atom stereocenters. The van der Waals surface area contributed by atoms with Crippen LogP contribution in [0.2, 0.25) is 0 Å². The highest BCUT2D eigenvalue weighted by molar-refractivity contribution is 7.94. The van der Waals surface area contributed by atoms with E-state index in [1.807, 2.05) is 0 Å². The van der Waals surface area contributed by atoms with Gasteiger partial charge in [0.25, 0.3) is 10.0 Å². The van der Waals surface area contributed by atoms with Crippen molar-refractivity contribution in [1.29, 1.82) is 0 Å². The Labute approximate surface area is 131 Å². The van der Waals surface area contributed by atoms with E-state index in [0.717, 1.165) is 16.9 Å². The van der Waals surface area contributed by atoms with E-state index in [1.54, 1.807) is 34.5 Å². The van der Waals surface area contributed by atoms with Crippen molar-refractivity contribution < 1.29 is 12.8 Å². The number of nitrogens with zero attached hydrogens (tertiary/aromatic N) is 2. The monoisotopic (exact) mass is 337 g/mol. The number of benzene rings is 1. The van der Waals surface area contributed by atoms with E-state index in [-0.39, 0.29) is 10.0 Å². The number of thiophene rings is 1. The summed E-state index contributed by atoms with van der Waals surface area (Å²) in [6.07, 6.45) is 2.99. The van der Waals surface area contributed by atoms with Crippen molar-refractivity contribution >= 4 is 27.0 Å². The third-order valence-electron chi connectivity index (χ3n) is 2.88. The minimum absolute atomic E-state index is 0.241.